The Kier molecular flexibility index (Phi) is 6.70. The van der Waals surface area contributed by atoms with Gasteiger partial charge in [-0.05, 0) is 47.7 Å². The molecule has 37 heavy (non-hydrogen) atoms. The molecule has 0 amide bonds. The van der Waals surface area contributed by atoms with Gasteiger partial charge in [-0.3, -0.25) is 9.88 Å². The van der Waals surface area contributed by atoms with Gasteiger partial charge in [0.2, 0.25) is 0 Å². The predicted octanol–water partition coefficient (Wildman–Crippen LogP) is 4.93. The molecule has 1 aliphatic heterocycles. The zero-order valence-corrected chi connectivity index (χ0v) is 20.4. The summed E-state index contributed by atoms with van der Waals surface area (Å²) in [6.45, 7) is 4.70. The molecule has 1 saturated heterocycles. The number of fused-ring (bicyclic) bond motifs is 1. The third kappa shape index (κ3) is 5.00. The van der Waals surface area contributed by atoms with Crippen molar-refractivity contribution in [1.29, 1.82) is 0 Å². The van der Waals surface area contributed by atoms with Crippen LogP contribution >= 0.6 is 0 Å². The number of benzene rings is 1. The van der Waals surface area contributed by atoms with Crippen molar-refractivity contribution in [3.63, 3.8) is 0 Å². The number of nitroso groups, excluding NO2 is 1. The second kappa shape index (κ2) is 10.6. The zero-order chi connectivity index (χ0) is 25.0. The van der Waals surface area contributed by atoms with Crippen LogP contribution in [0.4, 0.5) is 0 Å². The third-order valence-corrected chi connectivity index (χ3v) is 6.96. The minimum atomic E-state index is -0.254. The normalized spacial score (nSPS) is 17.5. The molecule has 1 unspecified atom stereocenters. The van der Waals surface area contributed by atoms with Crippen molar-refractivity contribution in [1.82, 2.24) is 19.9 Å². The summed E-state index contributed by atoms with van der Waals surface area (Å²) >= 11 is 0. The van der Waals surface area contributed by atoms with Gasteiger partial charge in [-0.2, -0.15) is 4.91 Å². The highest BCUT2D eigenvalue weighted by atomic mass is 16.5. The Morgan fingerprint density at radius 2 is 1.81 bits per heavy atom. The van der Waals surface area contributed by atoms with Gasteiger partial charge in [0.05, 0.1) is 18.8 Å². The highest BCUT2D eigenvalue weighted by Crippen LogP contribution is 2.41. The van der Waals surface area contributed by atoms with E-state index in [4.69, 9.17) is 13.9 Å². The quantitative estimate of drug-likeness (QED) is 0.316. The van der Waals surface area contributed by atoms with Gasteiger partial charge >= 0.3 is 6.01 Å². The van der Waals surface area contributed by atoms with E-state index in [0.29, 0.717) is 18.4 Å². The molecule has 9 nitrogen and oxygen atoms in total. The van der Waals surface area contributed by atoms with Crippen molar-refractivity contribution >= 4 is 0 Å². The first-order valence-corrected chi connectivity index (χ1v) is 12.5. The van der Waals surface area contributed by atoms with Gasteiger partial charge < -0.3 is 13.9 Å². The molecule has 0 radical (unpaired) electrons. The van der Waals surface area contributed by atoms with E-state index in [0.717, 1.165) is 84.8 Å². The summed E-state index contributed by atoms with van der Waals surface area (Å²) in [7, 11) is 0. The first kappa shape index (κ1) is 23.4. The van der Waals surface area contributed by atoms with E-state index < -0.39 is 0 Å². The number of rotatable bonds is 8. The van der Waals surface area contributed by atoms with Crippen LogP contribution in [0.1, 0.15) is 23.6 Å². The summed E-state index contributed by atoms with van der Waals surface area (Å²) in [6.07, 6.45) is 8.54. The number of hydrogen-bond acceptors (Lipinski definition) is 9. The van der Waals surface area contributed by atoms with Crippen LogP contribution in [-0.4, -0.2) is 59.3 Å². The molecule has 1 aromatic carbocycles. The Hall–Kier alpha value is -3.95. The highest BCUT2D eigenvalue weighted by molar-refractivity contribution is 5.84. The first-order chi connectivity index (χ1) is 18.3. The summed E-state index contributed by atoms with van der Waals surface area (Å²) in [5.41, 5.74) is 5.84. The average Bonchev–Trinajstić information content (AvgIpc) is 3.59. The number of morpholine rings is 1. The Labute approximate surface area is 214 Å². The van der Waals surface area contributed by atoms with E-state index >= 15 is 0 Å². The Balaban J connectivity index is 1.25. The number of aromatic nitrogens is 3. The molecule has 3 aromatic heterocycles. The third-order valence-electron chi connectivity index (χ3n) is 6.96. The van der Waals surface area contributed by atoms with Crippen molar-refractivity contribution in [2.24, 2.45) is 5.18 Å². The minimum absolute atomic E-state index is 0.254. The molecule has 0 saturated carbocycles. The van der Waals surface area contributed by atoms with E-state index in [2.05, 4.69) is 31.1 Å². The number of hydrogen-bond donors (Lipinski definition) is 0. The molecule has 2 aliphatic rings. The standard InChI is InChI=1S/C28H27N5O4/c34-32-25-4-2-20-15-21(1-3-23(20)25)24-16-26(37-27(24)19-5-7-29-8-6-19)22-17-30-28(31-18-22)36-14-11-33-9-12-35-13-10-33/h1,3,5-8,15-18,25H,2,4,9-14H2. The van der Waals surface area contributed by atoms with Gasteiger partial charge in [0, 0.05) is 55.5 Å². The lowest BCUT2D eigenvalue weighted by molar-refractivity contribution is 0.0317. The second-order valence-corrected chi connectivity index (χ2v) is 9.22. The molecular weight excluding hydrogens is 470 g/mol. The van der Waals surface area contributed by atoms with E-state index in [-0.39, 0.29) is 6.04 Å². The fourth-order valence-corrected chi connectivity index (χ4v) is 4.95. The largest absolute Gasteiger partial charge is 0.462 e. The van der Waals surface area contributed by atoms with Crippen LogP contribution in [0.5, 0.6) is 6.01 Å². The molecule has 1 aliphatic carbocycles. The lowest BCUT2D eigenvalue weighted by Crippen LogP contribution is -2.38. The molecule has 6 rings (SSSR count). The van der Waals surface area contributed by atoms with Gasteiger partial charge in [-0.1, -0.05) is 23.4 Å². The molecule has 4 aromatic rings. The molecule has 1 atom stereocenters. The van der Waals surface area contributed by atoms with E-state index in [1.807, 2.05) is 30.3 Å². The molecule has 0 N–H and O–H groups in total. The fourth-order valence-electron chi connectivity index (χ4n) is 4.95. The van der Waals surface area contributed by atoms with Crippen LogP contribution in [0.2, 0.25) is 0 Å². The SMILES string of the molecule is O=NC1CCc2cc(-c3cc(-c4cnc(OCCN5CCOCC5)nc4)oc3-c3ccncc3)ccc21. The van der Waals surface area contributed by atoms with Crippen LogP contribution in [0.15, 0.2) is 70.8 Å². The molecular formula is C28H27N5O4. The van der Waals surface area contributed by atoms with Crippen LogP contribution in [-0.2, 0) is 11.2 Å². The Morgan fingerprint density at radius 3 is 2.59 bits per heavy atom. The van der Waals surface area contributed by atoms with Crippen LogP contribution in [0.3, 0.4) is 0 Å². The molecule has 4 heterocycles. The number of pyridine rings is 1. The van der Waals surface area contributed by atoms with E-state index in [1.54, 1.807) is 24.8 Å². The maximum Gasteiger partial charge on any atom is 0.316 e. The highest BCUT2D eigenvalue weighted by Gasteiger charge is 2.25. The molecule has 0 bridgehead atoms. The lowest BCUT2D eigenvalue weighted by atomic mass is 9.98. The minimum Gasteiger partial charge on any atom is -0.462 e. The lowest BCUT2D eigenvalue weighted by Gasteiger charge is -2.26. The zero-order valence-electron chi connectivity index (χ0n) is 20.4. The van der Waals surface area contributed by atoms with Crippen molar-refractivity contribution in [3.05, 3.63) is 77.2 Å². The average molecular weight is 498 g/mol. The molecule has 188 valence electrons. The van der Waals surface area contributed by atoms with Gasteiger partial charge in [-0.25, -0.2) is 9.97 Å². The number of nitrogens with zero attached hydrogens (tertiary/aromatic N) is 5. The molecule has 0 spiro atoms. The molecule has 1 fully saturated rings. The monoisotopic (exact) mass is 497 g/mol. The molecule has 9 heteroatoms. The number of ether oxygens (including phenoxy) is 2. The second-order valence-electron chi connectivity index (χ2n) is 9.22. The van der Waals surface area contributed by atoms with Crippen molar-refractivity contribution in [2.75, 3.05) is 39.5 Å². The summed E-state index contributed by atoms with van der Waals surface area (Å²) in [4.78, 5) is 26.4. The fraction of sp³-hybridized carbons (Fsp3) is 0.321. The number of aryl methyl sites for hydroxylation is 1. The first-order valence-electron chi connectivity index (χ1n) is 12.5. The predicted molar refractivity (Wildman–Crippen MR) is 138 cm³/mol. The maximum absolute atomic E-state index is 11.2. The Bertz CT molecular complexity index is 1370. The van der Waals surface area contributed by atoms with Crippen molar-refractivity contribution in [3.8, 4) is 39.8 Å². The van der Waals surface area contributed by atoms with E-state index in [9.17, 15) is 4.91 Å². The van der Waals surface area contributed by atoms with Gasteiger partial charge in [-0.15, -0.1) is 0 Å². The summed E-state index contributed by atoms with van der Waals surface area (Å²) in [6, 6.07) is 12.1. The topological polar surface area (TPSA) is 103 Å². The van der Waals surface area contributed by atoms with Gasteiger partial charge in [0.15, 0.2) is 0 Å². The summed E-state index contributed by atoms with van der Waals surface area (Å²) in [5.74, 6) is 1.40. The van der Waals surface area contributed by atoms with Crippen molar-refractivity contribution < 1.29 is 13.9 Å². The summed E-state index contributed by atoms with van der Waals surface area (Å²) in [5, 5.41) is 3.28. The van der Waals surface area contributed by atoms with Crippen molar-refractivity contribution in [2.45, 2.75) is 18.9 Å². The van der Waals surface area contributed by atoms with Gasteiger partial charge in [0.25, 0.3) is 0 Å². The van der Waals surface area contributed by atoms with Crippen LogP contribution in [0.25, 0.3) is 33.8 Å². The number of furan rings is 1. The van der Waals surface area contributed by atoms with Gasteiger partial charge in [0.1, 0.15) is 24.2 Å². The van der Waals surface area contributed by atoms with Crippen LogP contribution < -0.4 is 4.74 Å². The van der Waals surface area contributed by atoms with Crippen LogP contribution in [0, 0.1) is 4.91 Å². The van der Waals surface area contributed by atoms with E-state index in [1.165, 1.54) is 0 Å². The Morgan fingerprint density at radius 1 is 1.00 bits per heavy atom. The smallest absolute Gasteiger partial charge is 0.316 e. The summed E-state index contributed by atoms with van der Waals surface area (Å²) < 4.78 is 17.5. The maximum atomic E-state index is 11.2.